The Morgan fingerprint density at radius 1 is 0.882 bits per heavy atom. The molecule has 0 saturated heterocycles. The van der Waals surface area contributed by atoms with Gasteiger partial charge in [-0.15, -0.1) is 0 Å². The van der Waals surface area contributed by atoms with Gasteiger partial charge in [0, 0.05) is 45.8 Å². The van der Waals surface area contributed by atoms with E-state index in [0.29, 0.717) is 23.5 Å². The van der Waals surface area contributed by atoms with E-state index in [4.69, 9.17) is 0 Å². The Bertz CT molecular complexity index is 1420. The molecule has 7 heteroatoms. The van der Waals surface area contributed by atoms with Crippen LogP contribution in [0.3, 0.4) is 0 Å². The molecule has 0 fully saturated rings. The predicted molar refractivity (Wildman–Crippen MR) is 130 cm³/mol. The van der Waals surface area contributed by atoms with Gasteiger partial charge in [0.25, 0.3) is 5.91 Å². The van der Waals surface area contributed by atoms with E-state index < -0.39 is 11.6 Å². The lowest BCUT2D eigenvalue weighted by atomic mass is 10.1. The van der Waals surface area contributed by atoms with Gasteiger partial charge in [-0.2, -0.15) is 0 Å². The molecule has 5 rings (SSSR count). The summed E-state index contributed by atoms with van der Waals surface area (Å²) in [5.74, 6) is -1.33. The Labute approximate surface area is 196 Å². The molecule has 0 radical (unpaired) electrons. The highest BCUT2D eigenvalue weighted by molar-refractivity contribution is 6.10. The number of amides is 1. The first-order chi connectivity index (χ1) is 16.4. The second-order valence-electron chi connectivity index (χ2n) is 8.28. The van der Waals surface area contributed by atoms with Gasteiger partial charge in [-0.05, 0) is 80.1 Å². The largest absolute Gasteiger partial charge is 0.355 e. The van der Waals surface area contributed by atoms with Crippen LogP contribution in [0.5, 0.6) is 0 Å². The SMILES string of the molecule is Cc1cc(Nc2ccc3c(c2)CN(c2cccc(Nc4ccc(F)c(C)c4F)c2)C3=O)ccn1. The van der Waals surface area contributed by atoms with Crippen molar-refractivity contribution in [2.45, 2.75) is 20.4 Å². The normalized spacial score (nSPS) is 12.6. The second kappa shape index (κ2) is 8.59. The van der Waals surface area contributed by atoms with E-state index in [2.05, 4.69) is 15.6 Å². The Morgan fingerprint density at radius 2 is 1.68 bits per heavy atom. The van der Waals surface area contributed by atoms with Gasteiger partial charge in [0.2, 0.25) is 0 Å². The Balaban J connectivity index is 1.37. The lowest BCUT2D eigenvalue weighted by Gasteiger charge is -2.17. The number of hydrogen-bond donors (Lipinski definition) is 2. The first-order valence-corrected chi connectivity index (χ1v) is 10.9. The Kier molecular flexibility index (Phi) is 5.45. The average molecular weight is 456 g/mol. The molecule has 0 atom stereocenters. The lowest BCUT2D eigenvalue weighted by molar-refractivity contribution is 0.0996. The van der Waals surface area contributed by atoms with Gasteiger partial charge in [0.05, 0.1) is 12.2 Å². The number of anilines is 5. The van der Waals surface area contributed by atoms with Crippen LogP contribution in [-0.2, 0) is 6.54 Å². The van der Waals surface area contributed by atoms with Crippen LogP contribution in [0, 0.1) is 25.5 Å². The summed E-state index contributed by atoms with van der Waals surface area (Å²) < 4.78 is 28.0. The summed E-state index contributed by atoms with van der Waals surface area (Å²) >= 11 is 0. The molecule has 1 amide bonds. The second-order valence-corrected chi connectivity index (χ2v) is 8.28. The van der Waals surface area contributed by atoms with Crippen LogP contribution in [0.15, 0.2) is 72.9 Å². The highest BCUT2D eigenvalue weighted by atomic mass is 19.1. The maximum absolute atomic E-state index is 14.4. The van der Waals surface area contributed by atoms with E-state index in [1.165, 1.54) is 19.1 Å². The van der Waals surface area contributed by atoms with Crippen LogP contribution < -0.4 is 15.5 Å². The number of nitrogens with one attached hydrogen (secondary N) is 2. The van der Waals surface area contributed by atoms with Crippen molar-refractivity contribution < 1.29 is 13.6 Å². The number of carbonyl (C=O) groups excluding carboxylic acids is 1. The maximum Gasteiger partial charge on any atom is 0.258 e. The smallest absolute Gasteiger partial charge is 0.258 e. The quantitative estimate of drug-likeness (QED) is 0.354. The molecule has 2 heterocycles. The number of rotatable bonds is 5. The molecule has 4 aromatic rings. The third kappa shape index (κ3) is 4.08. The molecule has 1 aromatic heterocycles. The Hall–Kier alpha value is -4.26. The maximum atomic E-state index is 14.4. The third-order valence-corrected chi connectivity index (χ3v) is 5.85. The van der Waals surface area contributed by atoms with Gasteiger partial charge >= 0.3 is 0 Å². The number of benzene rings is 3. The zero-order valence-corrected chi connectivity index (χ0v) is 18.7. The summed E-state index contributed by atoms with van der Waals surface area (Å²) in [6.07, 6.45) is 1.75. The summed E-state index contributed by atoms with van der Waals surface area (Å²) in [5.41, 5.74) is 5.70. The minimum Gasteiger partial charge on any atom is -0.355 e. The standard InChI is InChI=1S/C27H22F2N4O/c1-16-12-21(10-11-30-16)31-20-6-7-23-18(13-20)15-33(27(23)34)22-5-3-4-19(14-22)32-25-9-8-24(28)17(2)26(25)29/h3-14,32H,15H2,1-2H3,(H,30,31). The van der Waals surface area contributed by atoms with Gasteiger partial charge in [-0.1, -0.05) is 6.07 Å². The molecule has 0 aliphatic carbocycles. The summed E-state index contributed by atoms with van der Waals surface area (Å²) in [4.78, 5) is 19.0. The van der Waals surface area contributed by atoms with Crippen LogP contribution in [-0.4, -0.2) is 10.9 Å². The molecule has 0 spiro atoms. The highest BCUT2D eigenvalue weighted by Gasteiger charge is 2.29. The Morgan fingerprint density at radius 3 is 2.50 bits per heavy atom. The van der Waals surface area contributed by atoms with E-state index in [1.807, 2.05) is 43.3 Å². The number of aromatic nitrogens is 1. The van der Waals surface area contributed by atoms with Crippen LogP contribution in [0.1, 0.15) is 27.2 Å². The van der Waals surface area contributed by atoms with Crippen molar-refractivity contribution in [3.05, 3.63) is 107 Å². The molecule has 0 saturated carbocycles. The molecular formula is C27H22F2N4O. The van der Waals surface area contributed by atoms with Gasteiger partial charge in [0.1, 0.15) is 5.82 Å². The van der Waals surface area contributed by atoms with E-state index in [0.717, 1.165) is 22.6 Å². The number of nitrogens with zero attached hydrogens (tertiary/aromatic N) is 2. The fourth-order valence-electron chi connectivity index (χ4n) is 4.06. The molecule has 1 aliphatic heterocycles. The first-order valence-electron chi connectivity index (χ1n) is 10.9. The van der Waals surface area contributed by atoms with Crippen molar-refractivity contribution in [2.24, 2.45) is 0 Å². The number of carbonyl (C=O) groups is 1. The average Bonchev–Trinajstić information content (AvgIpc) is 3.15. The molecule has 5 nitrogen and oxygen atoms in total. The summed E-state index contributed by atoms with van der Waals surface area (Å²) in [6, 6.07) is 19.3. The van der Waals surface area contributed by atoms with E-state index in [-0.39, 0.29) is 17.2 Å². The number of halogens is 2. The van der Waals surface area contributed by atoms with Crippen molar-refractivity contribution in [1.82, 2.24) is 4.98 Å². The summed E-state index contributed by atoms with van der Waals surface area (Å²) in [7, 11) is 0. The van der Waals surface area contributed by atoms with Crippen molar-refractivity contribution in [2.75, 3.05) is 15.5 Å². The molecule has 2 N–H and O–H groups in total. The molecule has 0 unspecified atom stereocenters. The van der Waals surface area contributed by atoms with E-state index in [9.17, 15) is 13.6 Å². The zero-order valence-electron chi connectivity index (χ0n) is 18.7. The lowest BCUT2D eigenvalue weighted by Crippen LogP contribution is -2.22. The van der Waals surface area contributed by atoms with Crippen molar-refractivity contribution in [3.63, 3.8) is 0 Å². The highest BCUT2D eigenvalue weighted by Crippen LogP contribution is 2.33. The molecule has 0 bridgehead atoms. The number of fused-ring (bicyclic) bond motifs is 1. The predicted octanol–water partition coefficient (Wildman–Crippen LogP) is 6.62. The number of pyridine rings is 1. The summed E-state index contributed by atoms with van der Waals surface area (Å²) in [5, 5.41) is 6.34. The van der Waals surface area contributed by atoms with Gasteiger partial charge < -0.3 is 15.5 Å². The monoisotopic (exact) mass is 456 g/mol. The van der Waals surface area contributed by atoms with Crippen LogP contribution in [0.2, 0.25) is 0 Å². The van der Waals surface area contributed by atoms with Crippen molar-refractivity contribution in [1.29, 1.82) is 0 Å². The zero-order chi connectivity index (χ0) is 23.8. The summed E-state index contributed by atoms with van der Waals surface area (Å²) in [6.45, 7) is 3.75. The fourth-order valence-corrected chi connectivity index (χ4v) is 4.06. The molecule has 3 aromatic carbocycles. The van der Waals surface area contributed by atoms with Crippen LogP contribution in [0.25, 0.3) is 0 Å². The molecular weight excluding hydrogens is 434 g/mol. The van der Waals surface area contributed by atoms with E-state index >= 15 is 0 Å². The van der Waals surface area contributed by atoms with Crippen LogP contribution >= 0.6 is 0 Å². The molecule has 170 valence electrons. The first kappa shape index (κ1) is 21.6. The minimum absolute atomic E-state index is 0.0438. The fraction of sp³-hybridized carbons (Fsp3) is 0.111. The van der Waals surface area contributed by atoms with Crippen molar-refractivity contribution in [3.8, 4) is 0 Å². The molecule has 1 aliphatic rings. The van der Waals surface area contributed by atoms with Crippen LogP contribution in [0.4, 0.5) is 37.2 Å². The van der Waals surface area contributed by atoms with Gasteiger partial charge in [-0.3, -0.25) is 9.78 Å². The number of hydrogen-bond acceptors (Lipinski definition) is 4. The minimum atomic E-state index is -0.639. The van der Waals surface area contributed by atoms with Gasteiger partial charge in [-0.25, -0.2) is 8.78 Å². The van der Waals surface area contributed by atoms with Crippen molar-refractivity contribution >= 4 is 34.3 Å². The number of aryl methyl sites for hydroxylation is 1. The molecule has 34 heavy (non-hydrogen) atoms. The topological polar surface area (TPSA) is 57.3 Å². The van der Waals surface area contributed by atoms with E-state index in [1.54, 1.807) is 29.3 Å². The third-order valence-electron chi connectivity index (χ3n) is 5.85. The van der Waals surface area contributed by atoms with Gasteiger partial charge in [0.15, 0.2) is 5.82 Å².